The lowest BCUT2D eigenvalue weighted by Crippen LogP contribution is -2.33. The van der Waals surface area contributed by atoms with Crippen molar-refractivity contribution in [3.8, 4) is 5.75 Å². The molecule has 1 aliphatic heterocycles. The minimum atomic E-state index is -0.0652. The van der Waals surface area contributed by atoms with Crippen LogP contribution in [0.3, 0.4) is 0 Å². The topological polar surface area (TPSA) is 50.4 Å². The molecule has 1 atom stereocenters. The lowest BCUT2D eigenvalue weighted by molar-refractivity contribution is -0.123. The average Bonchev–Trinajstić information content (AvgIpc) is 2.43. The smallest absolute Gasteiger partial charge is 0.227 e. The molecule has 1 aromatic rings. The predicted octanol–water partition coefficient (Wildman–Crippen LogP) is 1.70. The van der Waals surface area contributed by atoms with Gasteiger partial charge in [0.2, 0.25) is 5.91 Å². The van der Waals surface area contributed by atoms with Crippen molar-refractivity contribution >= 4 is 18.3 Å². The van der Waals surface area contributed by atoms with Crippen molar-refractivity contribution < 1.29 is 9.53 Å². The molecule has 5 heteroatoms. The maximum atomic E-state index is 12.1. The first kappa shape index (κ1) is 15.8. The van der Waals surface area contributed by atoms with Crippen LogP contribution in [-0.4, -0.2) is 32.7 Å². The van der Waals surface area contributed by atoms with Gasteiger partial charge in [-0.2, -0.15) is 0 Å². The highest BCUT2D eigenvalue weighted by atomic mass is 35.5. The average molecular weight is 285 g/mol. The fourth-order valence-electron chi connectivity index (χ4n) is 2.21. The number of fused-ring (bicyclic) bond motifs is 1. The standard InChI is InChI=1S/C14H20N2O2.ClH/c1-15-8-4-9-16-14(17)12-7-10-18-13-6-3-2-5-11(12)13;/h2-3,5-6,12,15H,4,7-10H2,1H3,(H,16,17);1H. The summed E-state index contributed by atoms with van der Waals surface area (Å²) in [6, 6.07) is 7.79. The van der Waals surface area contributed by atoms with Crippen LogP contribution >= 0.6 is 12.4 Å². The number of rotatable bonds is 5. The van der Waals surface area contributed by atoms with Gasteiger partial charge in [0.05, 0.1) is 12.5 Å². The van der Waals surface area contributed by atoms with E-state index in [0.717, 1.165) is 37.2 Å². The highest BCUT2D eigenvalue weighted by Crippen LogP contribution is 2.33. The molecule has 106 valence electrons. The van der Waals surface area contributed by atoms with E-state index in [9.17, 15) is 4.79 Å². The number of hydrogen-bond acceptors (Lipinski definition) is 3. The molecule has 0 bridgehead atoms. The highest BCUT2D eigenvalue weighted by molar-refractivity contribution is 5.85. The second kappa shape index (κ2) is 8.02. The van der Waals surface area contributed by atoms with Gasteiger partial charge in [0, 0.05) is 12.1 Å². The number of carbonyl (C=O) groups excluding carboxylic acids is 1. The Bertz CT molecular complexity index is 412. The molecule has 0 aromatic heterocycles. The van der Waals surface area contributed by atoms with E-state index < -0.39 is 0 Å². The summed E-state index contributed by atoms with van der Waals surface area (Å²) in [5.41, 5.74) is 1.01. The fourth-order valence-corrected chi connectivity index (χ4v) is 2.21. The van der Waals surface area contributed by atoms with E-state index in [1.54, 1.807) is 0 Å². The quantitative estimate of drug-likeness (QED) is 0.809. The van der Waals surface area contributed by atoms with Gasteiger partial charge in [0.1, 0.15) is 5.75 Å². The van der Waals surface area contributed by atoms with E-state index in [0.29, 0.717) is 6.61 Å². The Balaban J connectivity index is 0.00000180. The number of ether oxygens (including phenoxy) is 1. The normalized spacial score (nSPS) is 16.8. The van der Waals surface area contributed by atoms with Crippen molar-refractivity contribution in [3.05, 3.63) is 29.8 Å². The van der Waals surface area contributed by atoms with Crippen LogP contribution in [0.15, 0.2) is 24.3 Å². The largest absolute Gasteiger partial charge is 0.493 e. The van der Waals surface area contributed by atoms with Crippen LogP contribution < -0.4 is 15.4 Å². The Morgan fingerprint density at radius 1 is 1.37 bits per heavy atom. The van der Waals surface area contributed by atoms with E-state index in [2.05, 4.69) is 10.6 Å². The first-order chi connectivity index (χ1) is 8.83. The van der Waals surface area contributed by atoms with Crippen molar-refractivity contribution in [1.82, 2.24) is 10.6 Å². The third kappa shape index (κ3) is 4.11. The lowest BCUT2D eigenvalue weighted by Gasteiger charge is -2.25. The van der Waals surface area contributed by atoms with E-state index in [-0.39, 0.29) is 24.2 Å². The van der Waals surface area contributed by atoms with Gasteiger partial charge in [-0.05, 0) is 32.5 Å². The molecule has 0 saturated heterocycles. The van der Waals surface area contributed by atoms with Gasteiger partial charge in [-0.1, -0.05) is 18.2 Å². The van der Waals surface area contributed by atoms with Gasteiger partial charge >= 0.3 is 0 Å². The van der Waals surface area contributed by atoms with Gasteiger partial charge in [-0.3, -0.25) is 4.79 Å². The molecule has 4 nitrogen and oxygen atoms in total. The molecular weight excluding hydrogens is 264 g/mol. The molecule has 1 aromatic carbocycles. The van der Waals surface area contributed by atoms with Gasteiger partial charge in [0.25, 0.3) is 0 Å². The number of benzene rings is 1. The molecule has 0 radical (unpaired) electrons. The van der Waals surface area contributed by atoms with Crippen LogP contribution in [0.5, 0.6) is 5.75 Å². The van der Waals surface area contributed by atoms with Crippen LogP contribution in [0.4, 0.5) is 0 Å². The zero-order valence-electron chi connectivity index (χ0n) is 11.1. The summed E-state index contributed by atoms with van der Waals surface area (Å²) in [5, 5.41) is 6.06. The van der Waals surface area contributed by atoms with Crippen molar-refractivity contribution in [1.29, 1.82) is 0 Å². The maximum absolute atomic E-state index is 12.1. The fraction of sp³-hybridized carbons (Fsp3) is 0.500. The Labute approximate surface area is 120 Å². The molecule has 1 heterocycles. The SMILES string of the molecule is CNCCCNC(=O)C1CCOc2ccccc21.Cl. The first-order valence-electron chi connectivity index (χ1n) is 6.47. The van der Waals surface area contributed by atoms with Crippen LogP contribution in [0.1, 0.15) is 24.3 Å². The van der Waals surface area contributed by atoms with Crippen molar-refractivity contribution in [2.45, 2.75) is 18.8 Å². The summed E-state index contributed by atoms with van der Waals surface area (Å²) in [4.78, 5) is 12.1. The van der Waals surface area contributed by atoms with E-state index >= 15 is 0 Å². The number of hydrogen-bond donors (Lipinski definition) is 2. The van der Waals surface area contributed by atoms with Gasteiger partial charge in [-0.25, -0.2) is 0 Å². The predicted molar refractivity (Wildman–Crippen MR) is 78.1 cm³/mol. The van der Waals surface area contributed by atoms with Gasteiger partial charge in [0.15, 0.2) is 0 Å². The zero-order valence-corrected chi connectivity index (χ0v) is 12.0. The Kier molecular flexibility index (Phi) is 6.67. The van der Waals surface area contributed by atoms with Crippen LogP contribution in [-0.2, 0) is 4.79 Å². The summed E-state index contributed by atoms with van der Waals surface area (Å²) in [7, 11) is 1.91. The molecule has 0 spiro atoms. The highest BCUT2D eigenvalue weighted by Gasteiger charge is 2.26. The van der Waals surface area contributed by atoms with Crippen LogP contribution in [0.25, 0.3) is 0 Å². The van der Waals surface area contributed by atoms with Crippen molar-refractivity contribution in [3.63, 3.8) is 0 Å². The molecule has 0 saturated carbocycles. The molecule has 2 N–H and O–H groups in total. The molecule has 1 aliphatic rings. The number of nitrogens with one attached hydrogen (secondary N) is 2. The monoisotopic (exact) mass is 284 g/mol. The van der Waals surface area contributed by atoms with Crippen molar-refractivity contribution in [2.75, 3.05) is 26.7 Å². The van der Waals surface area contributed by atoms with Gasteiger partial charge < -0.3 is 15.4 Å². The minimum Gasteiger partial charge on any atom is -0.493 e. The Morgan fingerprint density at radius 2 is 2.16 bits per heavy atom. The van der Waals surface area contributed by atoms with Crippen LogP contribution in [0, 0.1) is 0 Å². The summed E-state index contributed by atoms with van der Waals surface area (Å²) >= 11 is 0. The van der Waals surface area contributed by atoms with E-state index in [1.165, 1.54) is 0 Å². The molecule has 1 unspecified atom stereocenters. The first-order valence-corrected chi connectivity index (χ1v) is 6.47. The molecular formula is C14H21ClN2O2. The Hall–Kier alpha value is -1.26. The van der Waals surface area contributed by atoms with Gasteiger partial charge in [-0.15, -0.1) is 12.4 Å². The van der Waals surface area contributed by atoms with E-state index in [4.69, 9.17) is 4.74 Å². The summed E-state index contributed by atoms with van der Waals surface area (Å²) in [5.74, 6) is 0.894. The summed E-state index contributed by atoms with van der Waals surface area (Å²) < 4.78 is 5.56. The number of amides is 1. The number of halogens is 1. The summed E-state index contributed by atoms with van der Waals surface area (Å²) in [6.07, 6.45) is 1.71. The second-order valence-electron chi connectivity index (χ2n) is 4.48. The second-order valence-corrected chi connectivity index (χ2v) is 4.48. The summed E-state index contributed by atoms with van der Waals surface area (Å²) in [6.45, 7) is 2.26. The molecule has 1 amide bonds. The minimum absolute atomic E-state index is 0. The third-order valence-corrected chi connectivity index (χ3v) is 3.18. The molecule has 0 aliphatic carbocycles. The molecule has 19 heavy (non-hydrogen) atoms. The van der Waals surface area contributed by atoms with Crippen LogP contribution in [0.2, 0.25) is 0 Å². The van der Waals surface area contributed by atoms with Crippen molar-refractivity contribution in [2.24, 2.45) is 0 Å². The third-order valence-electron chi connectivity index (χ3n) is 3.18. The number of para-hydroxylation sites is 1. The Morgan fingerprint density at radius 3 is 2.95 bits per heavy atom. The van der Waals surface area contributed by atoms with E-state index in [1.807, 2.05) is 31.3 Å². The zero-order chi connectivity index (χ0) is 12.8. The molecule has 0 fully saturated rings. The number of carbonyl (C=O) groups is 1. The lowest BCUT2D eigenvalue weighted by atomic mass is 9.92. The molecule has 2 rings (SSSR count). The maximum Gasteiger partial charge on any atom is 0.227 e.